The Morgan fingerprint density at radius 2 is 1.75 bits per heavy atom. The van der Waals surface area contributed by atoms with Crippen molar-refractivity contribution in [1.29, 1.82) is 0 Å². The Morgan fingerprint density at radius 3 is 2.44 bits per heavy atom. The number of halogens is 1. The molecule has 0 aliphatic heterocycles. The molecule has 0 fully saturated rings. The summed E-state index contributed by atoms with van der Waals surface area (Å²) in [6, 6.07) is 16.2. The highest BCUT2D eigenvalue weighted by Gasteiger charge is 2.23. The summed E-state index contributed by atoms with van der Waals surface area (Å²) in [4.78, 5) is 28.6. The molecule has 32 heavy (non-hydrogen) atoms. The van der Waals surface area contributed by atoms with E-state index in [9.17, 15) is 14.0 Å². The van der Waals surface area contributed by atoms with Crippen LogP contribution in [0.4, 0.5) is 4.39 Å². The number of fused-ring (bicyclic) bond motifs is 1. The number of rotatable bonds is 6. The van der Waals surface area contributed by atoms with E-state index in [1.165, 1.54) is 12.1 Å². The van der Waals surface area contributed by atoms with Crippen molar-refractivity contribution in [2.24, 2.45) is 0 Å². The van der Waals surface area contributed by atoms with Gasteiger partial charge < -0.3 is 9.55 Å². The number of aromatic nitrogens is 2. The third-order valence-corrected chi connectivity index (χ3v) is 6.27. The number of aryl methyl sites for hydroxylation is 2. The summed E-state index contributed by atoms with van der Waals surface area (Å²) in [7, 11) is 0. The molecule has 4 rings (SSSR count). The van der Waals surface area contributed by atoms with Crippen molar-refractivity contribution in [2.45, 2.75) is 46.6 Å². The van der Waals surface area contributed by atoms with Crippen LogP contribution >= 0.6 is 0 Å². The fraction of sp³-hybridized carbons (Fsp3) is 0.259. The highest BCUT2D eigenvalue weighted by atomic mass is 19.1. The van der Waals surface area contributed by atoms with Crippen LogP contribution in [0.15, 0.2) is 59.4 Å². The molecule has 1 atom stereocenters. The highest BCUT2D eigenvalue weighted by molar-refractivity contribution is 6.09. The number of hydrogen-bond acceptors (Lipinski definition) is 2. The van der Waals surface area contributed by atoms with Gasteiger partial charge in [0, 0.05) is 39.8 Å². The SMILES string of the molecule is Cc1cc(C)c(CCC(=O)c2c(C)n(C(C)c3ccc(F)cc3)c3ccccc23)c(=O)[nH]1. The third kappa shape index (κ3) is 3.91. The minimum atomic E-state index is -0.271. The van der Waals surface area contributed by atoms with E-state index in [-0.39, 0.29) is 29.6 Å². The number of Topliss-reactive ketones (excluding diaryl/α,β-unsaturated/α-hetero) is 1. The van der Waals surface area contributed by atoms with Gasteiger partial charge in [-0.25, -0.2) is 4.39 Å². The molecule has 2 aromatic carbocycles. The maximum absolute atomic E-state index is 13.4. The van der Waals surface area contributed by atoms with Crippen molar-refractivity contribution in [3.05, 3.63) is 104 Å². The summed E-state index contributed by atoms with van der Waals surface area (Å²) < 4.78 is 15.6. The predicted molar refractivity (Wildman–Crippen MR) is 126 cm³/mol. The van der Waals surface area contributed by atoms with Crippen LogP contribution in [-0.2, 0) is 6.42 Å². The van der Waals surface area contributed by atoms with Crippen LogP contribution in [0.3, 0.4) is 0 Å². The summed E-state index contributed by atoms with van der Waals surface area (Å²) in [6.07, 6.45) is 0.652. The van der Waals surface area contributed by atoms with Crippen LogP contribution in [0, 0.1) is 26.6 Å². The molecule has 0 aliphatic carbocycles. The highest BCUT2D eigenvalue weighted by Crippen LogP contribution is 2.32. The van der Waals surface area contributed by atoms with Crippen molar-refractivity contribution in [3.8, 4) is 0 Å². The van der Waals surface area contributed by atoms with Gasteiger partial charge in [0.2, 0.25) is 0 Å². The number of ketones is 1. The van der Waals surface area contributed by atoms with Crippen LogP contribution in [0.2, 0.25) is 0 Å². The molecule has 2 heterocycles. The van der Waals surface area contributed by atoms with Gasteiger partial charge in [-0.05, 0) is 69.5 Å². The zero-order valence-electron chi connectivity index (χ0n) is 18.8. The number of nitrogens with one attached hydrogen (secondary N) is 1. The fourth-order valence-electron chi connectivity index (χ4n) is 4.69. The van der Waals surface area contributed by atoms with E-state index in [1.807, 2.05) is 51.1 Å². The Kier molecular flexibility index (Phi) is 5.83. The summed E-state index contributed by atoms with van der Waals surface area (Å²) in [5, 5.41) is 0.901. The third-order valence-electron chi connectivity index (χ3n) is 6.27. The first-order chi connectivity index (χ1) is 15.3. The average Bonchev–Trinajstić information content (AvgIpc) is 3.04. The lowest BCUT2D eigenvalue weighted by Crippen LogP contribution is -2.17. The van der Waals surface area contributed by atoms with Gasteiger partial charge in [0.1, 0.15) is 5.82 Å². The van der Waals surface area contributed by atoms with Crippen molar-refractivity contribution in [2.75, 3.05) is 0 Å². The topological polar surface area (TPSA) is 54.9 Å². The number of pyridine rings is 1. The van der Waals surface area contributed by atoms with Crippen molar-refractivity contribution < 1.29 is 9.18 Å². The lowest BCUT2D eigenvalue weighted by molar-refractivity contribution is 0.0983. The summed E-state index contributed by atoms with van der Waals surface area (Å²) in [6.45, 7) is 7.76. The number of aromatic amines is 1. The molecule has 0 radical (unpaired) electrons. The monoisotopic (exact) mass is 430 g/mol. The first kappa shape index (κ1) is 21.8. The predicted octanol–water partition coefficient (Wildman–Crippen LogP) is 5.82. The molecule has 0 spiro atoms. The van der Waals surface area contributed by atoms with Crippen molar-refractivity contribution in [3.63, 3.8) is 0 Å². The van der Waals surface area contributed by atoms with Gasteiger partial charge in [0.25, 0.3) is 5.56 Å². The minimum Gasteiger partial charge on any atom is -0.337 e. The van der Waals surface area contributed by atoms with Crippen LogP contribution in [-0.4, -0.2) is 15.3 Å². The standard InChI is InChI=1S/C27H27FN2O2/c1-16-15-17(2)29-27(32)22(16)13-14-25(31)26-19(4)30(24-8-6-5-7-23(24)26)18(3)20-9-11-21(28)12-10-20/h5-12,15,18H,13-14H2,1-4H3,(H,29,32). The molecule has 2 aromatic heterocycles. The molecule has 1 N–H and O–H groups in total. The molecule has 0 bridgehead atoms. The zero-order valence-corrected chi connectivity index (χ0v) is 18.8. The first-order valence-electron chi connectivity index (χ1n) is 10.9. The maximum atomic E-state index is 13.4. The number of carbonyl (C=O) groups is 1. The summed E-state index contributed by atoms with van der Waals surface area (Å²) >= 11 is 0. The Labute approximate surface area is 186 Å². The van der Waals surface area contributed by atoms with E-state index in [2.05, 4.69) is 16.5 Å². The van der Waals surface area contributed by atoms with E-state index < -0.39 is 0 Å². The van der Waals surface area contributed by atoms with E-state index in [1.54, 1.807) is 12.1 Å². The van der Waals surface area contributed by atoms with E-state index in [4.69, 9.17) is 0 Å². The number of para-hydroxylation sites is 1. The number of carbonyl (C=O) groups excluding carboxylic acids is 1. The molecular formula is C27H27FN2O2. The van der Waals surface area contributed by atoms with E-state index in [0.29, 0.717) is 17.5 Å². The number of nitrogens with zero attached hydrogens (tertiary/aromatic N) is 1. The molecule has 164 valence electrons. The molecule has 1 unspecified atom stereocenters. The molecule has 5 heteroatoms. The van der Waals surface area contributed by atoms with Crippen LogP contribution in [0.25, 0.3) is 10.9 Å². The maximum Gasteiger partial charge on any atom is 0.251 e. The Balaban J connectivity index is 1.72. The Bertz CT molecular complexity index is 1360. The normalized spacial score (nSPS) is 12.3. The van der Waals surface area contributed by atoms with Crippen molar-refractivity contribution in [1.82, 2.24) is 9.55 Å². The van der Waals surface area contributed by atoms with Gasteiger partial charge in [0.05, 0.1) is 6.04 Å². The molecule has 0 saturated carbocycles. The van der Waals surface area contributed by atoms with Crippen molar-refractivity contribution >= 4 is 16.7 Å². The molecule has 0 amide bonds. The molecular weight excluding hydrogens is 403 g/mol. The van der Waals surface area contributed by atoms with Gasteiger partial charge in [-0.3, -0.25) is 9.59 Å². The molecule has 4 aromatic rings. The zero-order chi connectivity index (χ0) is 23.0. The second-order valence-electron chi connectivity index (χ2n) is 8.44. The Hall–Kier alpha value is -3.47. The van der Waals surface area contributed by atoms with Gasteiger partial charge >= 0.3 is 0 Å². The minimum absolute atomic E-state index is 0.0168. The average molecular weight is 431 g/mol. The molecule has 4 nitrogen and oxygen atoms in total. The van der Waals surface area contributed by atoms with E-state index in [0.717, 1.165) is 33.4 Å². The van der Waals surface area contributed by atoms with Gasteiger partial charge in [0.15, 0.2) is 5.78 Å². The summed E-state index contributed by atoms with van der Waals surface area (Å²) in [5.41, 5.74) is 5.76. The van der Waals surface area contributed by atoms with Gasteiger partial charge in [-0.1, -0.05) is 30.3 Å². The number of H-pyrrole nitrogens is 1. The smallest absolute Gasteiger partial charge is 0.251 e. The van der Waals surface area contributed by atoms with Gasteiger partial charge in [-0.15, -0.1) is 0 Å². The first-order valence-corrected chi connectivity index (χ1v) is 10.9. The fourth-order valence-corrected chi connectivity index (χ4v) is 4.69. The number of benzene rings is 2. The molecule has 0 saturated heterocycles. The summed E-state index contributed by atoms with van der Waals surface area (Å²) in [5.74, 6) is -0.254. The quantitative estimate of drug-likeness (QED) is 0.392. The van der Waals surface area contributed by atoms with Gasteiger partial charge in [-0.2, -0.15) is 0 Å². The lowest BCUT2D eigenvalue weighted by atomic mass is 9.99. The van der Waals surface area contributed by atoms with Crippen LogP contribution < -0.4 is 5.56 Å². The van der Waals surface area contributed by atoms with Crippen LogP contribution in [0.5, 0.6) is 0 Å². The van der Waals surface area contributed by atoms with Crippen LogP contribution in [0.1, 0.15) is 57.8 Å². The van der Waals surface area contributed by atoms with E-state index >= 15 is 0 Å². The second kappa shape index (κ2) is 8.58. The number of hydrogen-bond donors (Lipinski definition) is 1. The Morgan fingerprint density at radius 1 is 1.06 bits per heavy atom. The lowest BCUT2D eigenvalue weighted by Gasteiger charge is -2.18. The largest absolute Gasteiger partial charge is 0.337 e. The molecule has 0 aliphatic rings. The second-order valence-corrected chi connectivity index (χ2v) is 8.44.